The van der Waals surface area contributed by atoms with Crippen molar-refractivity contribution in [1.29, 1.82) is 0 Å². The summed E-state index contributed by atoms with van der Waals surface area (Å²) >= 11 is 0. The third-order valence-electron chi connectivity index (χ3n) is 5.37. The molecule has 3 N–H and O–H groups in total. The highest BCUT2D eigenvalue weighted by atomic mass is 31.2. The molecule has 0 radical (unpaired) electrons. The minimum Gasteiger partial charge on any atom is -0.437 e. The van der Waals surface area contributed by atoms with Gasteiger partial charge in [0.25, 0.3) is 0 Å². The van der Waals surface area contributed by atoms with Crippen molar-refractivity contribution in [3.8, 4) is 0 Å². The Morgan fingerprint density at radius 2 is 1.58 bits per heavy atom. The van der Waals surface area contributed by atoms with Crippen LogP contribution in [0.15, 0.2) is 12.3 Å². The molecular weight excluding hydrogens is 534 g/mol. The van der Waals surface area contributed by atoms with E-state index in [2.05, 4.69) is 5.32 Å². The summed E-state index contributed by atoms with van der Waals surface area (Å²) in [4.78, 5) is 36.3. The SMILES string of the molecule is CC(C)(C)C(=O)OCOP(=O)(OCOC(=O)C(C)(C)C)OC[C@@]1(C)O[C@@H](N2C=CC(=O)NC2O)[C@H](F)[C@@H]1O. The fourth-order valence-corrected chi connectivity index (χ4v) is 4.00. The molecule has 0 bridgehead atoms. The van der Waals surface area contributed by atoms with Gasteiger partial charge in [0.2, 0.25) is 25.8 Å². The molecule has 1 unspecified atom stereocenters. The Morgan fingerprint density at radius 3 is 2.03 bits per heavy atom. The van der Waals surface area contributed by atoms with E-state index in [1.54, 1.807) is 41.5 Å². The fourth-order valence-electron chi connectivity index (χ4n) is 3.00. The molecule has 0 spiro atoms. The number of nitrogens with one attached hydrogen (secondary N) is 1. The number of esters is 2. The Bertz CT molecular complexity index is 929. The van der Waals surface area contributed by atoms with E-state index < -0.39 is 87.1 Å². The Hall–Kier alpha value is -2.13. The van der Waals surface area contributed by atoms with E-state index in [0.29, 0.717) is 0 Å². The predicted molar refractivity (Wildman–Crippen MR) is 126 cm³/mol. The van der Waals surface area contributed by atoms with E-state index >= 15 is 0 Å². The van der Waals surface area contributed by atoms with Crippen LogP contribution in [-0.2, 0) is 46.7 Å². The van der Waals surface area contributed by atoms with E-state index in [9.17, 15) is 33.6 Å². The second-order valence-corrected chi connectivity index (χ2v) is 12.6. The van der Waals surface area contributed by atoms with Crippen molar-refractivity contribution in [3.63, 3.8) is 0 Å². The van der Waals surface area contributed by atoms with Gasteiger partial charge in [0.15, 0.2) is 12.4 Å². The molecule has 16 heteroatoms. The molecule has 38 heavy (non-hydrogen) atoms. The lowest BCUT2D eigenvalue weighted by Gasteiger charge is -2.35. The van der Waals surface area contributed by atoms with Crippen molar-refractivity contribution in [2.75, 3.05) is 20.2 Å². The van der Waals surface area contributed by atoms with Crippen molar-refractivity contribution in [1.82, 2.24) is 10.2 Å². The second-order valence-electron chi connectivity index (χ2n) is 10.9. The van der Waals surface area contributed by atoms with Crippen LogP contribution < -0.4 is 5.32 Å². The number of halogens is 1. The van der Waals surface area contributed by atoms with Gasteiger partial charge in [-0.3, -0.25) is 18.9 Å². The van der Waals surface area contributed by atoms with Gasteiger partial charge in [0.05, 0.1) is 17.4 Å². The summed E-state index contributed by atoms with van der Waals surface area (Å²) in [5, 5.41) is 22.7. The van der Waals surface area contributed by atoms with E-state index in [0.717, 1.165) is 17.2 Å². The first kappa shape index (κ1) is 32.1. The van der Waals surface area contributed by atoms with Gasteiger partial charge in [-0.2, -0.15) is 0 Å². The van der Waals surface area contributed by atoms with Crippen molar-refractivity contribution in [2.45, 2.75) is 78.9 Å². The van der Waals surface area contributed by atoms with E-state index in [1.165, 1.54) is 6.92 Å². The monoisotopic (exact) mass is 570 g/mol. The Labute approximate surface area is 219 Å². The van der Waals surface area contributed by atoms with E-state index in [1.807, 2.05) is 0 Å². The number of rotatable bonds is 10. The summed E-state index contributed by atoms with van der Waals surface area (Å²) in [6.07, 6.45) is -5.04. The van der Waals surface area contributed by atoms with Gasteiger partial charge in [-0.15, -0.1) is 0 Å². The second kappa shape index (κ2) is 11.9. The zero-order valence-electron chi connectivity index (χ0n) is 22.3. The first-order chi connectivity index (χ1) is 17.3. The highest BCUT2D eigenvalue weighted by molar-refractivity contribution is 7.48. The third-order valence-corrected chi connectivity index (χ3v) is 6.66. The zero-order chi connectivity index (χ0) is 29.1. The smallest absolute Gasteiger partial charge is 0.437 e. The zero-order valence-corrected chi connectivity index (χ0v) is 23.2. The molecule has 0 saturated carbocycles. The summed E-state index contributed by atoms with van der Waals surface area (Å²) in [5.41, 5.74) is -3.65. The van der Waals surface area contributed by atoms with Gasteiger partial charge >= 0.3 is 19.8 Å². The van der Waals surface area contributed by atoms with Crippen LogP contribution in [0.3, 0.4) is 0 Å². The lowest BCUT2D eigenvalue weighted by atomic mass is 9.98. The van der Waals surface area contributed by atoms with Crippen molar-refractivity contribution >= 4 is 25.7 Å². The number of hydrogen-bond acceptors (Lipinski definition) is 13. The standard InChI is InChI=1S/C22H36FN2O12P/c1-20(2,3)17(28)32-11-35-38(31,36-12-33-18(29)21(4,5)6)34-10-22(7)15(27)14(23)16(37-22)25-9-8-13(26)24-19(25)30/h8-9,14-16,19,27,30H,10-12H2,1-7H3,(H,24,26)/t14-,15+,16-,19?,22-/m1/s1. The quantitative estimate of drug-likeness (QED) is 0.194. The van der Waals surface area contributed by atoms with Crippen LogP contribution in [0.25, 0.3) is 0 Å². The molecule has 1 saturated heterocycles. The van der Waals surface area contributed by atoms with Crippen LogP contribution in [0, 0.1) is 10.8 Å². The lowest BCUT2D eigenvalue weighted by molar-refractivity contribution is -0.172. The van der Waals surface area contributed by atoms with Gasteiger partial charge < -0.3 is 34.6 Å². The van der Waals surface area contributed by atoms with Gasteiger partial charge in [-0.1, -0.05) is 0 Å². The maximum atomic E-state index is 15.0. The van der Waals surface area contributed by atoms with Crippen LogP contribution in [-0.4, -0.2) is 83.6 Å². The molecule has 2 rings (SSSR count). The summed E-state index contributed by atoms with van der Waals surface area (Å²) in [5.74, 6) is -2.00. The number of alkyl halides is 1. The summed E-state index contributed by atoms with van der Waals surface area (Å²) < 4.78 is 59.0. The van der Waals surface area contributed by atoms with Crippen LogP contribution in [0.2, 0.25) is 0 Å². The predicted octanol–water partition coefficient (Wildman–Crippen LogP) is 1.27. The minimum absolute atomic E-state index is 0.622. The topological polar surface area (TPSA) is 179 Å². The van der Waals surface area contributed by atoms with E-state index in [4.69, 9.17) is 27.8 Å². The van der Waals surface area contributed by atoms with Crippen molar-refractivity contribution in [3.05, 3.63) is 12.3 Å². The van der Waals surface area contributed by atoms with E-state index in [-0.39, 0.29) is 0 Å². The molecule has 14 nitrogen and oxygen atoms in total. The van der Waals surface area contributed by atoms with Crippen molar-refractivity contribution < 1.29 is 61.3 Å². The Morgan fingerprint density at radius 1 is 1.08 bits per heavy atom. The molecule has 2 heterocycles. The highest BCUT2D eigenvalue weighted by Gasteiger charge is 2.56. The van der Waals surface area contributed by atoms with Crippen LogP contribution in [0.1, 0.15) is 48.5 Å². The first-order valence-corrected chi connectivity index (χ1v) is 13.1. The molecule has 0 aromatic carbocycles. The number of phosphoric acid groups is 1. The first-order valence-electron chi connectivity index (χ1n) is 11.6. The Balaban J connectivity index is 2.12. The van der Waals surface area contributed by atoms with Gasteiger partial charge in [-0.25, -0.2) is 18.0 Å². The number of phosphoric ester groups is 1. The van der Waals surface area contributed by atoms with Crippen LogP contribution in [0.5, 0.6) is 0 Å². The number of ether oxygens (including phenoxy) is 3. The van der Waals surface area contributed by atoms with Crippen LogP contribution >= 0.6 is 7.82 Å². The molecule has 5 atom stereocenters. The fraction of sp³-hybridized carbons (Fsp3) is 0.773. The lowest BCUT2D eigenvalue weighted by Crippen LogP contribution is -2.54. The molecular formula is C22H36FN2O12P. The highest BCUT2D eigenvalue weighted by Crippen LogP contribution is 2.51. The molecule has 1 amide bonds. The largest absolute Gasteiger partial charge is 0.480 e. The number of aliphatic hydroxyl groups excluding tert-OH is 2. The molecule has 0 aromatic heterocycles. The number of amides is 1. The third kappa shape index (κ3) is 8.18. The van der Waals surface area contributed by atoms with Gasteiger partial charge in [-0.05, 0) is 48.5 Å². The maximum absolute atomic E-state index is 15.0. The molecule has 2 aliphatic heterocycles. The summed E-state index contributed by atoms with van der Waals surface area (Å²) in [7, 11) is -4.65. The molecule has 2 aliphatic rings. The average Bonchev–Trinajstić information content (AvgIpc) is 3.01. The number of carbonyl (C=O) groups excluding carboxylic acids is 3. The molecule has 218 valence electrons. The summed E-state index contributed by atoms with van der Waals surface area (Å²) in [6, 6.07) is 0. The number of aliphatic hydroxyl groups is 2. The van der Waals surface area contributed by atoms with Crippen LogP contribution in [0.4, 0.5) is 4.39 Å². The minimum atomic E-state index is -4.65. The normalized spacial score (nSPS) is 28.3. The van der Waals surface area contributed by atoms with Gasteiger partial charge in [0, 0.05) is 12.3 Å². The molecule has 1 fully saturated rings. The van der Waals surface area contributed by atoms with Crippen molar-refractivity contribution in [2.24, 2.45) is 10.8 Å². The average molecular weight is 571 g/mol. The maximum Gasteiger partial charge on any atom is 0.480 e. The Kier molecular flexibility index (Phi) is 10.1. The number of hydrogen-bond donors (Lipinski definition) is 3. The molecule has 0 aromatic rings. The van der Waals surface area contributed by atoms with Gasteiger partial charge in [0.1, 0.15) is 11.7 Å². The number of nitrogens with zero attached hydrogens (tertiary/aromatic N) is 1. The number of carbonyl (C=O) groups is 3. The molecule has 0 aliphatic carbocycles. The summed E-state index contributed by atoms with van der Waals surface area (Å²) in [6.45, 7) is 8.23.